The van der Waals surface area contributed by atoms with E-state index in [-0.39, 0.29) is 11.9 Å². The van der Waals surface area contributed by atoms with Gasteiger partial charge in [-0.3, -0.25) is 9.59 Å². The zero-order valence-corrected chi connectivity index (χ0v) is 12.4. The summed E-state index contributed by atoms with van der Waals surface area (Å²) in [5.41, 5.74) is 2.44. The van der Waals surface area contributed by atoms with Gasteiger partial charge in [0.25, 0.3) is 0 Å². The maximum Gasteiger partial charge on any atom is 0.222 e. The number of carbonyl (C=O) groups is 2. The normalized spacial score (nSPS) is 16.2. The third-order valence-electron chi connectivity index (χ3n) is 4.20. The number of hydrogen-bond acceptors (Lipinski definition) is 2. The molecule has 0 atom stereocenters. The van der Waals surface area contributed by atoms with Crippen LogP contribution in [0.2, 0.25) is 0 Å². The van der Waals surface area contributed by atoms with Crippen molar-refractivity contribution in [3.05, 3.63) is 35.4 Å². The van der Waals surface area contributed by atoms with Crippen LogP contribution >= 0.6 is 0 Å². The van der Waals surface area contributed by atoms with Gasteiger partial charge in [0.15, 0.2) is 0 Å². The molecule has 1 amide bonds. The molecule has 0 heterocycles. The van der Waals surface area contributed by atoms with Crippen LogP contribution in [0.5, 0.6) is 0 Å². The third kappa shape index (κ3) is 3.92. The van der Waals surface area contributed by atoms with E-state index in [0.29, 0.717) is 25.0 Å². The van der Waals surface area contributed by atoms with Gasteiger partial charge in [-0.15, -0.1) is 0 Å². The third-order valence-corrected chi connectivity index (χ3v) is 4.20. The Morgan fingerprint density at radius 1 is 1.20 bits per heavy atom. The van der Waals surface area contributed by atoms with Crippen LogP contribution in [-0.4, -0.2) is 29.7 Å². The number of nitrogens with zero attached hydrogens (tertiary/aromatic N) is 1. The quantitative estimate of drug-likeness (QED) is 0.846. The number of Topliss-reactive ketones (excluding diaryl/α,β-unsaturated/α-hetero) is 1. The van der Waals surface area contributed by atoms with E-state index in [1.165, 1.54) is 11.1 Å². The second-order valence-electron chi connectivity index (χ2n) is 5.76. The highest BCUT2D eigenvalue weighted by Gasteiger charge is 2.24. The largest absolute Gasteiger partial charge is 0.343 e. The van der Waals surface area contributed by atoms with Crippen molar-refractivity contribution < 1.29 is 9.59 Å². The van der Waals surface area contributed by atoms with Gasteiger partial charge in [0.1, 0.15) is 5.78 Å². The highest BCUT2D eigenvalue weighted by Crippen LogP contribution is 2.20. The van der Waals surface area contributed by atoms with Crippen LogP contribution in [0.4, 0.5) is 0 Å². The molecule has 1 fully saturated rings. The number of benzene rings is 1. The fraction of sp³-hybridized carbons (Fsp3) is 0.529. The second-order valence-corrected chi connectivity index (χ2v) is 5.76. The Morgan fingerprint density at radius 3 is 2.40 bits per heavy atom. The summed E-state index contributed by atoms with van der Waals surface area (Å²) in [5.74, 6) is 0.520. The number of ketones is 1. The van der Waals surface area contributed by atoms with Gasteiger partial charge in [-0.05, 0) is 31.7 Å². The zero-order chi connectivity index (χ0) is 14.5. The van der Waals surface area contributed by atoms with Crippen molar-refractivity contribution in [1.82, 2.24) is 4.90 Å². The van der Waals surface area contributed by atoms with E-state index in [4.69, 9.17) is 0 Å². The fourth-order valence-corrected chi connectivity index (χ4v) is 2.70. The Kier molecular flexibility index (Phi) is 4.94. The molecule has 0 N–H and O–H groups in total. The number of amides is 1. The molecule has 1 saturated carbocycles. The van der Waals surface area contributed by atoms with E-state index in [0.717, 1.165) is 19.3 Å². The van der Waals surface area contributed by atoms with E-state index in [9.17, 15) is 9.59 Å². The smallest absolute Gasteiger partial charge is 0.222 e. The van der Waals surface area contributed by atoms with Crippen LogP contribution < -0.4 is 0 Å². The first-order chi connectivity index (χ1) is 9.56. The summed E-state index contributed by atoms with van der Waals surface area (Å²) in [6.07, 6.45) is 4.23. The summed E-state index contributed by atoms with van der Waals surface area (Å²) < 4.78 is 0. The minimum atomic E-state index is 0.185. The van der Waals surface area contributed by atoms with Crippen LogP contribution in [0.1, 0.15) is 43.2 Å². The minimum absolute atomic E-state index is 0.185. The topological polar surface area (TPSA) is 37.4 Å². The van der Waals surface area contributed by atoms with Crippen molar-refractivity contribution >= 4 is 11.7 Å². The van der Waals surface area contributed by atoms with Crippen LogP contribution in [0.3, 0.4) is 0 Å². The lowest BCUT2D eigenvalue weighted by molar-refractivity contribution is -0.134. The van der Waals surface area contributed by atoms with Crippen molar-refractivity contribution in [2.75, 3.05) is 7.05 Å². The van der Waals surface area contributed by atoms with Gasteiger partial charge >= 0.3 is 0 Å². The van der Waals surface area contributed by atoms with E-state index >= 15 is 0 Å². The van der Waals surface area contributed by atoms with E-state index in [2.05, 4.69) is 31.2 Å². The Bertz CT molecular complexity index is 468. The molecule has 0 aliphatic heterocycles. The minimum Gasteiger partial charge on any atom is -0.343 e. The molecule has 3 heteroatoms. The molecule has 2 rings (SSSR count). The number of carbonyl (C=O) groups excluding carboxylic acids is 2. The molecule has 1 aromatic rings. The van der Waals surface area contributed by atoms with Gasteiger partial charge in [0.2, 0.25) is 5.91 Å². The fourth-order valence-electron chi connectivity index (χ4n) is 2.70. The van der Waals surface area contributed by atoms with Crippen LogP contribution in [0, 0.1) is 6.92 Å². The van der Waals surface area contributed by atoms with Crippen molar-refractivity contribution in [1.29, 1.82) is 0 Å². The van der Waals surface area contributed by atoms with Crippen molar-refractivity contribution in [3.63, 3.8) is 0 Å². The summed E-state index contributed by atoms with van der Waals surface area (Å²) in [6, 6.07) is 8.58. The molecule has 0 unspecified atom stereocenters. The van der Waals surface area contributed by atoms with Gasteiger partial charge in [0, 0.05) is 32.4 Å². The number of aryl methyl sites for hydroxylation is 2. The molecule has 0 bridgehead atoms. The average molecular weight is 273 g/mol. The predicted molar refractivity (Wildman–Crippen MR) is 79.5 cm³/mol. The predicted octanol–water partition coefficient (Wildman–Crippen LogP) is 2.90. The molecular weight excluding hydrogens is 250 g/mol. The Morgan fingerprint density at radius 2 is 1.80 bits per heavy atom. The first-order valence-corrected chi connectivity index (χ1v) is 7.39. The first-order valence-electron chi connectivity index (χ1n) is 7.39. The number of rotatable bonds is 4. The molecule has 1 aromatic carbocycles. The maximum atomic E-state index is 12.2. The molecule has 0 aromatic heterocycles. The van der Waals surface area contributed by atoms with Gasteiger partial charge < -0.3 is 4.90 Å². The molecular formula is C17H23NO2. The van der Waals surface area contributed by atoms with Crippen molar-refractivity contribution in [3.8, 4) is 0 Å². The summed E-state index contributed by atoms with van der Waals surface area (Å²) in [4.78, 5) is 25.3. The van der Waals surface area contributed by atoms with Gasteiger partial charge in [0.05, 0.1) is 0 Å². The second kappa shape index (κ2) is 6.69. The Labute approximate surface area is 121 Å². The molecule has 0 spiro atoms. The van der Waals surface area contributed by atoms with Gasteiger partial charge in [-0.1, -0.05) is 29.8 Å². The molecule has 3 nitrogen and oxygen atoms in total. The monoisotopic (exact) mass is 273 g/mol. The lowest BCUT2D eigenvalue weighted by Crippen LogP contribution is -2.39. The first kappa shape index (κ1) is 14.8. The zero-order valence-electron chi connectivity index (χ0n) is 12.4. The van der Waals surface area contributed by atoms with Crippen LogP contribution in [0.15, 0.2) is 24.3 Å². The van der Waals surface area contributed by atoms with E-state index < -0.39 is 0 Å². The summed E-state index contributed by atoms with van der Waals surface area (Å²) in [7, 11) is 1.87. The lowest BCUT2D eigenvalue weighted by Gasteiger charge is -2.30. The van der Waals surface area contributed by atoms with Gasteiger partial charge in [-0.25, -0.2) is 0 Å². The van der Waals surface area contributed by atoms with Crippen molar-refractivity contribution in [2.24, 2.45) is 0 Å². The highest BCUT2D eigenvalue weighted by molar-refractivity contribution is 5.80. The Hall–Kier alpha value is -1.64. The SMILES string of the molecule is Cc1ccc(CCC(=O)N(C)C2CCC(=O)CC2)cc1. The van der Waals surface area contributed by atoms with Crippen LogP contribution in [-0.2, 0) is 16.0 Å². The standard InChI is InChI=1S/C17H23NO2/c1-13-3-5-14(6-4-13)7-12-17(20)18(2)15-8-10-16(19)11-9-15/h3-6,15H,7-12H2,1-2H3. The summed E-state index contributed by atoms with van der Waals surface area (Å²) in [5, 5.41) is 0. The van der Waals surface area contributed by atoms with E-state index in [1.54, 1.807) is 0 Å². The molecule has 1 aliphatic rings. The number of hydrogen-bond donors (Lipinski definition) is 0. The van der Waals surface area contributed by atoms with Gasteiger partial charge in [-0.2, -0.15) is 0 Å². The van der Waals surface area contributed by atoms with Crippen LogP contribution in [0.25, 0.3) is 0 Å². The summed E-state index contributed by atoms with van der Waals surface area (Å²) >= 11 is 0. The summed E-state index contributed by atoms with van der Waals surface area (Å²) in [6.45, 7) is 2.06. The van der Waals surface area contributed by atoms with Crippen molar-refractivity contribution in [2.45, 2.75) is 51.5 Å². The molecule has 1 aliphatic carbocycles. The maximum absolute atomic E-state index is 12.2. The molecule has 0 saturated heterocycles. The highest BCUT2D eigenvalue weighted by atomic mass is 16.2. The molecule has 108 valence electrons. The van der Waals surface area contributed by atoms with E-state index in [1.807, 2.05) is 11.9 Å². The Balaban J connectivity index is 1.82. The molecule has 20 heavy (non-hydrogen) atoms. The molecule has 0 radical (unpaired) electrons. The lowest BCUT2D eigenvalue weighted by atomic mass is 9.93. The average Bonchev–Trinajstić information content (AvgIpc) is 2.46.